The minimum Gasteiger partial charge on any atom is -1.00 e. The fourth-order valence-electron chi connectivity index (χ4n) is 2.06. The fourth-order valence-corrected chi connectivity index (χ4v) is 2.06. The number of hydrogen-bond donors (Lipinski definition) is 3. The SMILES string of the molecule is O=C(CCC(=O)[C]1[CH][CH][CH][CH][CH]1)Nc1c(O)ccc(C(=O)O)c1[O-].[C-]#[O+].[C-]#[O+].[Cl-].[Ru+2]. The summed E-state index contributed by atoms with van der Waals surface area (Å²) in [6.07, 6.45) is 8.12. The van der Waals surface area contributed by atoms with Gasteiger partial charge in [0.25, 0.3) is 0 Å². The zero-order valence-electron chi connectivity index (χ0n) is 15.0. The zero-order chi connectivity index (χ0) is 21.7. The Labute approximate surface area is 192 Å². The van der Waals surface area contributed by atoms with Crippen LogP contribution in [0.3, 0.4) is 0 Å². The largest absolute Gasteiger partial charge is 2.00 e. The van der Waals surface area contributed by atoms with Gasteiger partial charge >= 0.3 is 48.1 Å². The van der Waals surface area contributed by atoms with Gasteiger partial charge in [0.1, 0.15) is 11.5 Å². The van der Waals surface area contributed by atoms with Gasteiger partial charge in [0.2, 0.25) is 5.91 Å². The molecule has 0 unspecified atom stereocenters. The van der Waals surface area contributed by atoms with Gasteiger partial charge in [-0.25, -0.2) is 4.79 Å². The number of nitrogens with one attached hydrogen (secondary N) is 1. The smallest absolute Gasteiger partial charge is 1.00 e. The minimum atomic E-state index is -1.46. The van der Waals surface area contributed by atoms with E-state index in [-0.39, 0.29) is 50.5 Å². The number of rotatable bonds is 6. The molecule has 9 nitrogen and oxygen atoms in total. The maximum atomic E-state index is 11.9. The van der Waals surface area contributed by atoms with E-state index in [1.165, 1.54) is 0 Å². The number of anilines is 1. The first-order chi connectivity index (χ1) is 13.4. The van der Waals surface area contributed by atoms with Gasteiger partial charge in [-0.05, 0) is 44.2 Å². The van der Waals surface area contributed by atoms with E-state index in [2.05, 4.69) is 18.6 Å². The van der Waals surface area contributed by atoms with Crippen LogP contribution in [0.15, 0.2) is 12.1 Å². The molecule has 3 N–H and O–H groups in total. The first kappa shape index (κ1) is 32.5. The van der Waals surface area contributed by atoms with Crippen LogP contribution in [-0.2, 0) is 38.4 Å². The molecule has 0 aromatic heterocycles. The normalized spacial score (nSPS) is 12.1. The third-order valence-electron chi connectivity index (χ3n) is 3.31. The monoisotopic (exact) mass is 521 g/mol. The van der Waals surface area contributed by atoms with E-state index < -0.39 is 34.6 Å². The van der Waals surface area contributed by atoms with Gasteiger partial charge in [0.15, 0.2) is 0 Å². The molecule has 1 saturated carbocycles. The van der Waals surface area contributed by atoms with Gasteiger partial charge in [-0.15, -0.1) is 0 Å². The Morgan fingerprint density at radius 3 is 2.03 bits per heavy atom. The predicted octanol–water partition coefficient (Wildman–Crippen LogP) is -2.01. The molecule has 2 rings (SSSR count). The number of aromatic hydroxyl groups is 1. The van der Waals surface area contributed by atoms with Crippen LogP contribution in [-0.4, -0.2) is 27.9 Å². The van der Waals surface area contributed by atoms with Crippen LogP contribution >= 0.6 is 0 Å². The molecule has 6 radical (unpaired) electrons. The van der Waals surface area contributed by atoms with Crippen molar-refractivity contribution >= 4 is 23.3 Å². The Hall–Kier alpha value is -2.18. The van der Waals surface area contributed by atoms with Crippen LogP contribution in [0.2, 0.25) is 0 Å². The van der Waals surface area contributed by atoms with E-state index in [9.17, 15) is 24.6 Å². The number of Topliss-reactive ketones (excluding diaryl/α,β-unsaturated/α-hetero) is 1. The summed E-state index contributed by atoms with van der Waals surface area (Å²) in [5.41, 5.74) is -1.07. The Morgan fingerprint density at radius 1 is 1.00 bits per heavy atom. The summed E-state index contributed by atoms with van der Waals surface area (Å²) < 4.78 is 15.0. The van der Waals surface area contributed by atoms with Crippen LogP contribution in [0.25, 0.3) is 0 Å². The van der Waals surface area contributed by atoms with E-state index >= 15 is 0 Å². The summed E-state index contributed by atoms with van der Waals surface area (Å²) in [7, 11) is 0. The van der Waals surface area contributed by atoms with Crippen molar-refractivity contribution in [3.8, 4) is 11.5 Å². The molecule has 0 aliphatic heterocycles. The average Bonchev–Trinajstić information content (AvgIpc) is 2.72. The quantitative estimate of drug-likeness (QED) is 0.169. The first-order valence-corrected chi connectivity index (χ1v) is 7.45. The minimum absolute atomic E-state index is 0. The van der Waals surface area contributed by atoms with Crippen molar-refractivity contribution in [3.05, 3.63) is 69.0 Å². The molecule has 0 bridgehead atoms. The van der Waals surface area contributed by atoms with Crippen LogP contribution in [0.4, 0.5) is 5.69 Å². The summed E-state index contributed by atoms with van der Waals surface area (Å²) in [5.74, 6) is -3.44. The molecule has 0 atom stereocenters. The number of halogens is 1. The molecule has 1 aliphatic carbocycles. The molecule has 1 fully saturated rings. The standard InChI is InChI=1S/C17H15NO6.2CO.ClH.Ru/c19-12(10-4-2-1-3-5-10)8-9-14(21)18-15-13(20)7-6-11(16(15)22)17(23)24;2*1-2;;/h1-7,20,22H,8-9H2,(H,18,21)(H,23,24);;;1H;/q;;;;+2/p-2. The van der Waals surface area contributed by atoms with E-state index in [1.807, 2.05) is 0 Å². The van der Waals surface area contributed by atoms with Crippen molar-refractivity contribution in [3.63, 3.8) is 0 Å². The summed E-state index contributed by atoms with van der Waals surface area (Å²) in [5, 5.41) is 32.6. The van der Waals surface area contributed by atoms with E-state index in [0.29, 0.717) is 5.92 Å². The molecule has 0 heterocycles. The number of carboxylic acid groups (broad SMARTS) is 1. The molecule has 1 aromatic rings. The molecule has 1 aliphatic rings. The summed E-state index contributed by atoms with van der Waals surface area (Å²) >= 11 is 0. The number of phenolic OH excluding ortho intramolecular Hbond substituents is 1. The van der Waals surface area contributed by atoms with Crippen molar-refractivity contribution in [2.45, 2.75) is 12.8 Å². The number of aromatic carboxylic acids is 1. The van der Waals surface area contributed by atoms with E-state index in [1.54, 1.807) is 32.1 Å². The summed E-state index contributed by atoms with van der Waals surface area (Å²) in [4.78, 5) is 34.7. The molecule has 11 heteroatoms. The van der Waals surface area contributed by atoms with E-state index in [0.717, 1.165) is 12.1 Å². The van der Waals surface area contributed by atoms with Gasteiger partial charge in [-0.1, -0.05) is 5.75 Å². The predicted molar refractivity (Wildman–Crippen MR) is 90.0 cm³/mol. The second kappa shape index (κ2) is 17.7. The number of carbonyl (C=O) groups excluding carboxylic acids is 2. The Bertz CT molecular complexity index is 739. The molecule has 30 heavy (non-hydrogen) atoms. The average molecular weight is 521 g/mol. The first-order valence-electron chi connectivity index (χ1n) is 7.45. The Balaban J connectivity index is -0.00000114. The van der Waals surface area contributed by atoms with E-state index in [4.69, 9.17) is 14.4 Å². The number of benzene rings is 1. The van der Waals surface area contributed by atoms with Crippen LogP contribution in [0.5, 0.6) is 11.5 Å². The number of ketones is 1. The maximum absolute atomic E-state index is 11.9. The van der Waals surface area contributed by atoms with Gasteiger partial charge in [-0.3, -0.25) is 9.59 Å². The van der Waals surface area contributed by atoms with Crippen LogP contribution < -0.4 is 22.8 Å². The number of carboxylic acids is 1. The number of hydrogen-bond acceptors (Lipinski definition) is 5. The van der Waals surface area contributed by atoms with Crippen molar-refractivity contribution in [1.29, 1.82) is 0 Å². The van der Waals surface area contributed by atoms with Crippen molar-refractivity contribution < 1.29 is 70.9 Å². The number of phenols is 1. The summed E-state index contributed by atoms with van der Waals surface area (Å²) in [6.45, 7) is 9.00. The van der Waals surface area contributed by atoms with Crippen LogP contribution in [0.1, 0.15) is 23.2 Å². The van der Waals surface area contributed by atoms with Gasteiger partial charge < -0.3 is 33.0 Å². The zero-order valence-corrected chi connectivity index (χ0v) is 17.5. The van der Waals surface area contributed by atoms with Crippen molar-refractivity contribution in [2.24, 2.45) is 0 Å². The summed E-state index contributed by atoms with van der Waals surface area (Å²) in [6, 6.07) is 1.96. The number of carbonyl (C=O) groups is 3. The maximum Gasteiger partial charge on any atom is 2.00 e. The van der Waals surface area contributed by atoms with Crippen molar-refractivity contribution in [2.75, 3.05) is 5.32 Å². The van der Waals surface area contributed by atoms with Crippen LogP contribution in [0, 0.1) is 51.3 Å². The molecule has 0 spiro atoms. The molecule has 1 aromatic carbocycles. The molecular formula is C19H14ClNO8Ru. The van der Waals surface area contributed by atoms with Crippen molar-refractivity contribution in [1.82, 2.24) is 0 Å². The van der Waals surface area contributed by atoms with Gasteiger partial charge in [-0.2, -0.15) is 0 Å². The molecule has 0 saturated heterocycles. The topological polar surface area (TPSA) is 167 Å². The molecule has 158 valence electrons. The number of amides is 1. The second-order valence-electron chi connectivity index (χ2n) is 4.98. The Morgan fingerprint density at radius 2 is 1.53 bits per heavy atom. The third kappa shape index (κ3) is 10.0. The fraction of sp³-hybridized carbons (Fsp3) is 0.105. The van der Waals surface area contributed by atoms with Gasteiger partial charge in [0, 0.05) is 18.8 Å². The molecular weight excluding hydrogens is 507 g/mol. The third-order valence-corrected chi connectivity index (χ3v) is 3.31. The van der Waals surface area contributed by atoms with Gasteiger partial charge in [0.05, 0.1) is 11.3 Å². The Kier molecular flexibility index (Phi) is 19.1. The second-order valence-corrected chi connectivity index (χ2v) is 4.98. The molecule has 1 amide bonds.